The van der Waals surface area contributed by atoms with Gasteiger partial charge in [-0.1, -0.05) is 6.07 Å². The molecule has 3 nitrogen and oxygen atoms in total. The Kier molecular flexibility index (Phi) is 4.80. The van der Waals surface area contributed by atoms with Crippen LogP contribution in [-0.4, -0.2) is 14.2 Å². The second-order valence-corrected chi connectivity index (χ2v) is 5.20. The standard InChI is InChI=1S/C15H14BrF2NO2/c1-20-12-5-3-4-10(17)14(12)15(19)8-6-9(16)11(18)7-13(8)21-2/h3-7,15H,19H2,1-2H3. The quantitative estimate of drug-likeness (QED) is 0.905. The van der Waals surface area contributed by atoms with Crippen LogP contribution in [0.1, 0.15) is 17.2 Å². The van der Waals surface area contributed by atoms with E-state index in [1.807, 2.05) is 0 Å². The van der Waals surface area contributed by atoms with Gasteiger partial charge in [-0.05, 0) is 34.1 Å². The lowest BCUT2D eigenvalue weighted by molar-refractivity contribution is 0.394. The Hall–Kier alpha value is -1.66. The Bertz CT molecular complexity index is 664. The van der Waals surface area contributed by atoms with Gasteiger partial charge in [-0.25, -0.2) is 8.78 Å². The van der Waals surface area contributed by atoms with Crippen molar-refractivity contribution in [3.05, 3.63) is 57.6 Å². The molecule has 0 amide bonds. The number of ether oxygens (including phenoxy) is 2. The molecule has 0 radical (unpaired) electrons. The number of methoxy groups -OCH3 is 2. The van der Waals surface area contributed by atoms with Crippen molar-refractivity contribution < 1.29 is 18.3 Å². The fraction of sp³-hybridized carbons (Fsp3) is 0.200. The Morgan fingerprint density at radius 1 is 1.05 bits per heavy atom. The molecule has 2 N–H and O–H groups in total. The van der Waals surface area contributed by atoms with Crippen molar-refractivity contribution in [3.63, 3.8) is 0 Å². The van der Waals surface area contributed by atoms with E-state index in [0.717, 1.165) is 0 Å². The lowest BCUT2D eigenvalue weighted by atomic mass is 9.97. The Morgan fingerprint density at radius 2 is 1.71 bits per heavy atom. The zero-order valence-corrected chi connectivity index (χ0v) is 13.1. The van der Waals surface area contributed by atoms with Gasteiger partial charge < -0.3 is 15.2 Å². The van der Waals surface area contributed by atoms with Crippen LogP contribution in [0.2, 0.25) is 0 Å². The van der Waals surface area contributed by atoms with E-state index in [1.54, 1.807) is 6.07 Å². The SMILES string of the molecule is COc1cc(F)c(Br)cc1C(N)c1c(F)cccc1OC. The predicted octanol–water partition coefficient (Wildman–Crippen LogP) is 3.79. The molecule has 1 atom stereocenters. The lowest BCUT2D eigenvalue weighted by Gasteiger charge is -2.19. The van der Waals surface area contributed by atoms with Gasteiger partial charge in [0.1, 0.15) is 23.1 Å². The van der Waals surface area contributed by atoms with E-state index < -0.39 is 17.7 Å². The average molecular weight is 358 g/mol. The van der Waals surface area contributed by atoms with Crippen LogP contribution in [0.4, 0.5) is 8.78 Å². The highest BCUT2D eigenvalue weighted by molar-refractivity contribution is 9.10. The third-order valence-electron chi connectivity index (χ3n) is 3.15. The molecule has 21 heavy (non-hydrogen) atoms. The van der Waals surface area contributed by atoms with Crippen molar-refractivity contribution in [1.29, 1.82) is 0 Å². The maximum atomic E-state index is 14.1. The van der Waals surface area contributed by atoms with Crippen molar-refractivity contribution in [2.45, 2.75) is 6.04 Å². The minimum Gasteiger partial charge on any atom is -0.496 e. The van der Waals surface area contributed by atoms with Crippen LogP contribution in [-0.2, 0) is 0 Å². The summed E-state index contributed by atoms with van der Waals surface area (Å²) in [7, 11) is 2.83. The summed E-state index contributed by atoms with van der Waals surface area (Å²) in [4.78, 5) is 0. The van der Waals surface area contributed by atoms with Crippen LogP contribution in [0, 0.1) is 11.6 Å². The van der Waals surface area contributed by atoms with E-state index in [1.165, 1.54) is 38.5 Å². The Morgan fingerprint density at radius 3 is 2.33 bits per heavy atom. The number of halogens is 3. The molecule has 0 aromatic heterocycles. The summed E-state index contributed by atoms with van der Waals surface area (Å²) in [5.74, 6) is -0.411. The number of rotatable bonds is 4. The molecule has 2 aromatic rings. The number of hydrogen-bond donors (Lipinski definition) is 1. The summed E-state index contributed by atoms with van der Waals surface area (Å²) in [6.45, 7) is 0. The Balaban J connectivity index is 2.60. The number of hydrogen-bond acceptors (Lipinski definition) is 3. The van der Waals surface area contributed by atoms with Crippen LogP contribution in [0.3, 0.4) is 0 Å². The fourth-order valence-electron chi connectivity index (χ4n) is 2.12. The molecule has 0 aliphatic carbocycles. The minimum atomic E-state index is -0.854. The molecule has 0 bridgehead atoms. The first-order chi connectivity index (χ1) is 9.99. The van der Waals surface area contributed by atoms with Gasteiger partial charge in [0.05, 0.1) is 30.3 Å². The highest BCUT2D eigenvalue weighted by Gasteiger charge is 2.23. The molecule has 0 saturated heterocycles. The number of nitrogens with two attached hydrogens (primary N) is 1. The maximum Gasteiger partial charge on any atom is 0.141 e. The first-order valence-electron chi connectivity index (χ1n) is 6.10. The van der Waals surface area contributed by atoms with Crippen molar-refractivity contribution in [3.8, 4) is 11.5 Å². The second-order valence-electron chi connectivity index (χ2n) is 4.34. The van der Waals surface area contributed by atoms with E-state index in [9.17, 15) is 8.78 Å². The van der Waals surface area contributed by atoms with Crippen LogP contribution >= 0.6 is 15.9 Å². The normalized spacial score (nSPS) is 12.1. The summed E-state index contributed by atoms with van der Waals surface area (Å²) < 4.78 is 38.2. The Labute approximate surface area is 129 Å². The monoisotopic (exact) mass is 357 g/mol. The molecule has 0 aliphatic heterocycles. The largest absolute Gasteiger partial charge is 0.496 e. The van der Waals surface area contributed by atoms with Gasteiger partial charge in [0.2, 0.25) is 0 Å². The zero-order valence-electron chi connectivity index (χ0n) is 11.5. The van der Waals surface area contributed by atoms with Crippen LogP contribution in [0.25, 0.3) is 0 Å². The predicted molar refractivity (Wildman–Crippen MR) is 79.6 cm³/mol. The van der Waals surface area contributed by atoms with E-state index in [4.69, 9.17) is 15.2 Å². The summed E-state index contributed by atoms with van der Waals surface area (Å²) in [5.41, 5.74) is 6.79. The molecule has 1 unspecified atom stereocenters. The van der Waals surface area contributed by atoms with Gasteiger partial charge in [0, 0.05) is 11.6 Å². The molecule has 2 aromatic carbocycles. The van der Waals surface area contributed by atoms with Crippen molar-refractivity contribution >= 4 is 15.9 Å². The van der Waals surface area contributed by atoms with Gasteiger partial charge >= 0.3 is 0 Å². The van der Waals surface area contributed by atoms with Crippen LogP contribution < -0.4 is 15.2 Å². The molecule has 2 rings (SSSR count). The summed E-state index contributed by atoms with van der Waals surface area (Å²) >= 11 is 3.09. The third-order valence-corrected chi connectivity index (χ3v) is 3.76. The van der Waals surface area contributed by atoms with Crippen molar-refractivity contribution in [1.82, 2.24) is 0 Å². The molecule has 0 fully saturated rings. The molecule has 6 heteroatoms. The second kappa shape index (κ2) is 6.41. The highest BCUT2D eigenvalue weighted by atomic mass is 79.9. The zero-order chi connectivity index (χ0) is 15.6. The fourth-order valence-corrected chi connectivity index (χ4v) is 2.48. The van der Waals surface area contributed by atoms with Gasteiger partial charge in [-0.2, -0.15) is 0 Å². The molecular formula is C15H14BrF2NO2. The molecular weight excluding hydrogens is 344 g/mol. The first-order valence-corrected chi connectivity index (χ1v) is 6.89. The van der Waals surface area contributed by atoms with Crippen molar-refractivity contribution in [2.75, 3.05) is 14.2 Å². The minimum absolute atomic E-state index is 0.191. The summed E-state index contributed by atoms with van der Waals surface area (Å²) in [5, 5.41) is 0. The van der Waals surface area contributed by atoms with E-state index in [-0.39, 0.29) is 15.8 Å². The van der Waals surface area contributed by atoms with Crippen molar-refractivity contribution in [2.24, 2.45) is 5.73 Å². The number of benzene rings is 2. The highest BCUT2D eigenvalue weighted by Crippen LogP contribution is 2.37. The average Bonchev–Trinajstić information content (AvgIpc) is 2.48. The molecule has 0 aliphatic rings. The van der Waals surface area contributed by atoms with E-state index >= 15 is 0 Å². The lowest BCUT2D eigenvalue weighted by Crippen LogP contribution is -2.16. The molecule has 0 saturated carbocycles. The molecule has 112 valence electrons. The molecule has 0 heterocycles. The van der Waals surface area contributed by atoms with Gasteiger partial charge in [-0.3, -0.25) is 0 Å². The van der Waals surface area contributed by atoms with Crippen LogP contribution in [0.15, 0.2) is 34.8 Å². The first kappa shape index (κ1) is 15.7. The van der Waals surface area contributed by atoms with Gasteiger partial charge in [0.25, 0.3) is 0 Å². The summed E-state index contributed by atoms with van der Waals surface area (Å²) in [6, 6.07) is 6.26. The molecule has 0 spiro atoms. The van der Waals surface area contributed by atoms with E-state index in [2.05, 4.69) is 15.9 Å². The smallest absolute Gasteiger partial charge is 0.141 e. The maximum absolute atomic E-state index is 14.1. The van der Waals surface area contributed by atoms with Gasteiger partial charge in [0.15, 0.2) is 0 Å². The van der Waals surface area contributed by atoms with Crippen LogP contribution in [0.5, 0.6) is 11.5 Å². The van der Waals surface area contributed by atoms with E-state index in [0.29, 0.717) is 11.3 Å². The summed E-state index contributed by atoms with van der Waals surface area (Å²) in [6.07, 6.45) is 0. The third kappa shape index (κ3) is 3.01. The topological polar surface area (TPSA) is 44.5 Å². The van der Waals surface area contributed by atoms with Gasteiger partial charge in [-0.15, -0.1) is 0 Å².